The molecule has 4 aromatic rings. The normalized spacial score (nSPS) is 15.1. The van der Waals surface area contributed by atoms with E-state index in [2.05, 4.69) is 56.4 Å². The molecule has 1 aliphatic carbocycles. The number of amides is 1. The first-order chi connectivity index (χ1) is 17.0. The van der Waals surface area contributed by atoms with Crippen molar-refractivity contribution in [3.8, 4) is 17.3 Å². The molecule has 2 heterocycles. The summed E-state index contributed by atoms with van der Waals surface area (Å²) in [5, 5.41) is 14.5. The van der Waals surface area contributed by atoms with Crippen molar-refractivity contribution in [3.63, 3.8) is 0 Å². The molecule has 0 saturated carbocycles. The van der Waals surface area contributed by atoms with E-state index in [1.165, 1.54) is 10.4 Å². The average Bonchev–Trinajstić information content (AvgIpc) is 3.23. The minimum Gasteiger partial charge on any atom is -0.312 e. The lowest BCUT2D eigenvalue weighted by Gasteiger charge is -2.20. The van der Waals surface area contributed by atoms with Crippen LogP contribution in [0.3, 0.4) is 0 Å². The monoisotopic (exact) mass is 479 g/mol. The van der Waals surface area contributed by atoms with Crippen molar-refractivity contribution < 1.29 is 4.79 Å². The number of carbonyl (C=O) groups excluding carboxylic acids is 1. The van der Waals surface area contributed by atoms with Crippen molar-refractivity contribution >= 4 is 33.1 Å². The Kier molecular flexibility index (Phi) is 6.40. The maximum absolute atomic E-state index is 13.6. The highest BCUT2D eigenvalue weighted by atomic mass is 32.1. The number of hydrogen-bond acceptors (Lipinski definition) is 4. The number of benzene rings is 2. The van der Waals surface area contributed by atoms with E-state index in [-0.39, 0.29) is 5.91 Å². The van der Waals surface area contributed by atoms with Crippen LogP contribution in [0.4, 0.5) is 5.00 Å². The molecule has 2 aromatic carbocycles. The molecule has 1 amide bonds. The Morgan fingerprint density at radius 1 is 1.20 bits per heavy atom. The predicted molar refractivity (Wildman–Crippen MR) is 144 cm³/mol. The van der Waals surface area contributed by atoms with E-state index in [4.69, 9.17) is 4.98 Å². The molecule has 35 heavy (non-hydrogen) atoms. The quantitative estimate of drug-likeness (QED) is 0.318. The highest BCUT2D eigenvalue weighted by molar-refractivity contribution is 7.16. The van der Waals surface area contributed by atoms with Gasteiger partial charge in [0.2, 0.25) is 0 Å². The van der Waals surface area contributed by atoms with Crippen LogP contribution in [0, 0.1) is 17.2 Å². The number of carbonyl (C=O) groups is 1. The average molecular weight is 480 g/mol. The van der Waals surface area contributed by atoms with Gasteiger partial charge in [-0.15, -0.1) is 11.3 Å². The first-order valence-corrected chi connectivity index (χ1v) is 13.2. The lowest BCUT2D eigenvalue weighted by Crippen LogP contribution is -2.13. The van der Waals surface area contributed by atoms with Gasteiger partial charge in [-0.25, -0.2) is 4.98 Å². The highest BCUT2D eigenvalue weighted by Gasteiger charge is 2.26. The Labute approximate surface area is 210 Å². The molecule has 5 heteroatoms. The Hall–Kier alpha value is -3.49. The first-order valence-electron chi connectivity index (χ1n) is 12.3. The molecule has 1 N–H and O–H groups in total. The molecule has 0 unspecified atom stereocenters. The summed E-state index contributed by atoms with van der Waals surface area (Å²) in [5.41, 5.74) is 6.12. The molecular weight excluding hydrogens is 450 g/mol. The number of nitriles is 1. The van der Waals surface area contributed by atoms with Crippen molar-refractivity contribution in [2.45, 2.75) is 52.4 Å². The highest BCUT2D eigenvalue weighted by Crippen LogP contribution is 2.40. The van der Waals surface area contributed by atoms with E-state index in [9.17, 15) is 10.1 Å². The van der Waals surface area contributed by atoms with Gasteiger partial charge in [0.25, 0.3) is 5.91 Å². The van der Waals surface area contributed by atoms with Gasteiger partial charge in [0.1, 0.15) is 11.1 Å². The number of hydrogen-bond donors (Lipinski definition) is 1. The molecule has 1 atom stereocenters. The third kappa shape index (κ3) is 4.47. The van der Waals surface area contributed by atoms with E-state index in [0.29, 0.717) is 28.0 Å². The maximum atomic E-state index is 13.6. The maximum Gasteiger partial charge on any atom is 0.257 e. The minimum absolute atomic E-state index is 0.203. The fourth-order valence-corrected chi connectivity index (χ4v) is 6.24. The summed E-state index contributed by atoms with van der Waals surface area (Å²) in [6.45, 7) is 6.57. The Morgan fingerprint density at radius 2 is 1.97 bits per heavy atom. The topological polar surface area (TPSA) is 65.8 Å². The van der Waals surface area contributed by atoms with E-state index < -0.39 is 0 Å². The Bertz CT molecular complexity index is 1440. The zero-order chi connectivity index (χ0) is 24.5. The second kappa shape index (κ2) is 9.64. The first kappa shape index (κ1) is 23.3. The number of aromatic nitrogens is 1. The molecule has 0 aliphatic heterocycles. The summed E-state index contributed by atoms with van der Waals surface area (Å²) in [6.07, 6.45) is 4.16. The van der Waals surface area contributed by atoms with Crippen LogP contribution < -0.4 is 5.32 Å². The summed E-state index contributed by atoms with van der Waals surface area (Å²) < 4.78 is 0. The van der Waals surface area contributed by atoms with Gasteiger partial charge < -0.3 is 5.32 Å². The number of thiophene rings is 1. The molecule has 0 saturated heterocycles. The summed E-state index contributed by atoms with van der Waals surface area (Å²) >= 11 is 1.57. The Balaban J connectivity index is 1.53. The molecule has 1 aliphatic rings. The van der Waals surface area contributed by atoms with Crippen LogP contribution >= 0.6 is 11.3 Å². The number of nitrogens with zero attached hydrogens (tertiary/aromatic N) is 2. The lowest BCUT2D eigenvalue weighted by molar-refractivity contribution is 0.102. The zero-order valence-corrected chi connectivity index (χ0v) is 21.2. The van der Waals surface area contributed by atoms with Crippen molar-refractivity contribution in [2.75, 3.05) is 5.32 Å². The summed E-state index contributed by atoms with van der Waals surface area (Å²) in [6, 6.07) is 20.3. The van der Waals surface area contributed by atoms with Crippen LogP contribution in [-0.4, -0.2) is 10.9 Å². The van der Waals surface area contributed by atoms with E-state index in [0.717, 1.165) is 53.4 Å². The number of fused-ring (bicyclic) bond motifs is 2. The van der Waals surface area contributed by atoms with Gasteiger partial charge in [-0.05, 0) is 54.4 Å². The molecule has 2 aromatic heterocycles. The summed E-state index contributed by atoms with van der Waals surface area (Å²) in [4.78, 5) is 19.7. The van der Waals surface area contributed by atoms with Crippen LogP contribution in [-0.2, 0) is 12.8 Å². The summed E-state index contributed by atoms with van der Waals surface area (Å²) in [7, 11) is 0. The van der Waals surface area contributed by atoms with E-state index >= 15 is 0 Å². The van der Waals surface area contributed by atoms with Gasteiger partial charge in [0, 0.05) is 15.8 Å². The van der Waals surface area contributed by atoms with Gasteiger partial charge >= 0.3 is 0 Å². The third-order valence-electron chi connectivity index (χ3n) is 7.12. The van der Waals surface area contributed by atoms with Gasteiger partial charge in [-0.3, -0.25) is 4.79 Å². The minimum atomic E-state index is -0.203. The van der Waals surface area contributed by atoms with Gasteiger partial charge in [0.05, 0.1) is 22.3 Å². The standard InChI is InChI=1S/C30H29N3OS/c1-4-19-9-14-23-25(17-31)30(35-28(23)15-19)33-29(34)24-16-27(32-26-8-6-5-7-22(24)26)21-12-10-20(11-13-21)18(2)3/h5-8,10-13,16,18-19H,4,9,14-15H2,1-3H3,(H,33,34)/t19-/m1/s1. The van der Waals surface area contributed by atoms with Crippen LogP contribution in [0.5, 0.6) is 0 Å². The lowest BCUT2D eigenvalue weighted by atomic mass is 9.86. The number of anilines is 1. The molecule has 0 fully saturated rings. The fraction of sp³-hybridized carbons (Fsp3) is 0.300. The van der Waals surface area contributed by atoms with E-state index in [1.54, 1.807) is 11.3 Å². The molecule has 176 valence electrons. The predicted octanol–water partition coefficient (Wildman–Crippen LogP) is 7.73. The number of nitrogens with one attached hydrogen (secondary N) is 1. The fourth-order valence-electron chi connectivity index (χ4n) is 4.93. The van der Waals surface area contributed by atoms with Crippen molar-refractivity contribution in [3.05, 3.63) is 81.7 Å². The van der Waals surface area contributed by atoms with Crippen LogP contribution in [0.2, 0.25) is 0 Å². The zero-order valence-electron chi connectivity index (χ0n) is 20.4. The van der Waals surface area contributed by atoms with Crippen molar-refractivity contribution in [2.24, 2.45) is 5.92 Å². The van der Waals surface area contributed by atoms with Gasteiger partial charge in [0.15, 0.2) is 0 Å². The van der Waals surface area contributed by atoms with Crippen molar-refractivity contribution in [1.29, 1.82) is 5.26 Å². The number of rotatable bonds is 5. The third-order valence-corrected chi connectivity index (χ3v) is 8.29. The van der Waals surface area contributed by atoms with Gasteiger partial charge in [-0.1, -0.05) is 69.7 Å². The second-order valence-electron chi connectivity index (χ2n) is 9.64. The molecule has 0 radical (unpaired) electrons. The summed E-state index contributed by atoms with van der Waals surface area (Å²) in [5.74, 6) is 0.907. The molecule has 0 bridgehead atoms. The SMILES string of the molecule is CC[C@@H]1CCc2c(sc(NC(=O)c3cc(-c4ccc(C(C)C)cc4)nc4ccccc34)c2C#N)C1. The van der Waals surface area contributed by atoms with E-state index in [1.807, 2.05) is 30.3 Å². The molecular formula is C30H29N3OS. The Morgan fingerprint density at radius 3 is 2.69 bits per heavy atom. The van der Waals surface area contributed by atoms with Crippen molar-refractivity contribution in [1.82, 2.24) is 4.98 Å². The molecule has 4 nitrogen and oxygen atoms in total. The second-order valence-corrected chi connectivity index (χ2v) is 10.7. The van der Waals surface area contributed by atoms with Crippen LogP contribution in [0.25, 0.3) is 22.2 Å². The van der Waals surface area contributed by atoms with Crippen LogP contribution in [0.15, 0.2) is 54.6 Å². The number of pyridine rings is 1. The van der Waals surface area contributed by atoms with Crippen LogP contribution in [0.1, 0.15) is 71.5 Å². The van der Waals surface area contributed by atoms with Gasteiger partial charge in [-0.2, -0.15) is 5.26 Å². The molecule has 5 rings (SSSR count). The molecule has 0 spiro atoms. The smallest absolute Gasteiger partial charge is 0.257 e. The largest absolute Gasteiger partial charge is 0.312 e. The number of para-hydroxylation sites is 1.